The first-order valence-corrected chi connectivity index (χ1v) is 10.7. The van der Waals surface area contributed by atoms with Crippen molar-refractivity contribution >= 4 is 50.0 Å². The van der Waals surface area contributed by atoms with Crippen molar-refractivity contribution in [3.05, 3.63) is 46.5 Å². The van der Waals surface area contributed by atoms with Crippen LogP contribution in [0.1, 0.15) is 11.1 Å². The summed E-state index contributed by atoms with van der Waals surface area (Å²) in [5, 5.41) is 4.47. The minimum absolute atomic E-state index is 0.152. The van der Waals surface area contributed by atoms with Gasteiger partial charge in [-0.3, -0.25) is 0 Å². The Balaban J connectivity index is 1.42. The third kappa shape index (κ3) is 3.97. The van der Waals surface area contributed by atoms with Crippen molar-refractivity contribution < 1.29 is 9.53 Å². The number of methoxy groups -OCH3 is 1. The van der Waals surface area contributed by atoms with Gasteiger partial charge in [-0.2, -0.15) is 0 Å². The van der Waals surface area contributed by atoms with Crippen molar-refractivity contribution in [1.82, 2.24) is 9.88 Å². The number of fused-ring (bicyclic) bond motifs is 1. The van der Waals surface area contributed by atoms with Crippen LogP contribution in [0.3, 0.4) is 0 Å². The summed E-state index contributed by atoms with van der Waals surface area (Å²) in [5.74, 6) is 0.585. The second-order valence-corrected chi connectivity index (χ2v) is 8.55. The molecule has 0 bridgehead atoms. The largest absolute Gasteiger partial charge is 0.495 e. The maximum Gasteiger partial charge on any atom is 0.322 e. The molecule has 0 spiro atoms. The molecule has 1 saturated heterocycles. The number of aryl methyl sites for hydroxylation is 2. The molecule has 0 unspecified atom stereocenters. The maximum absolute atomic E-state index is 12.7. The van der Waals surface area contributed by atoms with Gasteiger partial charge in [0.2, 0.25) is 0 Å². The van der Waals surface area contributed by atoms with E-state index in [1.54, 1.807) is 41.5 Å². The molecule has 1 aliphatic heterocycles. The number of hydrogen-bond donors (Lipinski definition) is 1. The van der Waals surface area contributed by atoms with Crippen LogP contribution >= 0.6 is 22.9 Å². The first-order valence-electron chi connectivity index (χ1n) is 9.47. The Morgan fingerprint density at radius 1 is 1.17 bits per heavy atom. The van der Waals surface area contributed by atoms with E-state index in [1.807, 2.05) is 0 Å². The Bertz CT molecular complexity index is 1060. The molecule has 152 valence electrons. The first kappa shape index (κ1) is 19.8. The van der Waals surface area contributed by atoms with Crippen LogP contribution in [0.15, 0.2) is 30.3 Å². The summed E-state index contributed by atoms with van der Waals surface area (Å²) in [5.41, 5.74) is 4.15. The molecule has 0 atom stereocenters. The molecule has 6 nitrogen and oxygen atoms in total. The van der Waals surface area contributed by atoms with Crippen LogP contribution in [0.25, 0.3) is 10.2 Å². The minimum Gasteiger partial charge on any atom is -0.495 e. The van der Waals surface area contributed by atoms with Gasteiger partial charge < -0.3 is 19.9 Å². The monoisotopic (exact) mass is 430 g/mol. The molecule has 4 rings (SSSR count). The maximum atomic E-state index is 12.7. The molecular weight excluding hydrogens is 408 g/mol. The van der Waals surface area contributed by atoms with Crippen LogP contribution in [-0.4, -0.2) is 49.2 Å². The molecule has 0 saturated carbocycles. The number of thiazole rings is 1. The third-order valence-electron chi connectivity index (χ3n) is 5.31. The van der Waals surface area contributed by atoms with E-state index in [1.165, 1.54) is 15.8 Å². The second-order valence-electron chi connectivity index (χ2n) is 7.10. The number of ether oxygens (including phenoxy) is 1. The predicted octanol–water partition coefficient (Wildman–Crippen LogP) is 4.93. The SMILES string of the molecule is COc1ccc(Cl)cc1NC(=O)N1CCN(c2nc3c(C)c(C)ccc3s2)CC1. The fourth-order valence-corrected chi connectivity index (χ4v) is 4.67. The lowest BCUT2D eigenvalue weighted by Crippen LogP contribution is -2.50. The van der Waals surface area contributed by atoms with Crippen molar-refractivity contribution in [1.29, 1.82) is 0 Å². The number of piperazine rings is 1. The van der Waals surface area contributed by atoms with Gasteiger partial charge in [0.05, 0.1) is 23.0 Å². The van der Waals surface area contributed by atoms with Gasteiger partial charge in [-0.25, -0.2) is 9.78 Å². The molecule has 29 heavy (non-hydrogen) atoms. The molecule has 8 heteroatoms. The van der Waals surface area contributed by atoms with Crippen LogP contribution in [0, 0.1) is 13.8 Å². The number of aromatic nitrogens is 1. The fourth-order valence-electron chi connectivity index (χ4n) is 3.42. The molecular formula is C21H23ClN4O2S. The molecule has 2 heterocycles. The normalized spacial score (nSPS) is 14.3. The van der Waals surface area contributed by atoms with E-state index in [9.17, 15) is 4.79 Å². The van der Waals surface area contributed by atoms with Crippen LogP contribution in [0.4, 0.5) is 15.6 Å². The highest BCUT2D eigenvalue weighted by atomic mass is 35.5. The molecule has 1 fully saturated rings. The summed E-state index contributed by atoms with van der Waals surface area (Å²) in [7, 11) is 1.57. The smallest absolute Gasteiger partial charge is 0.322 e. The summed E-state index contributed by atoms with van der Waals surface area (Å²) < 4.78 is 6.51. The van der Waals surface area contributed by atoms with Crippen molar-refractivity contribution in [2.75, 3.05) is 43.5 Å². The van der Waals surface area contributed by atoms with Gasteiger partial charge in [0.15, 0.2) is 5.13 Å². The number of amides is 2. The molecule has 2 amide bonds. The Kier molecular flexibility index (Phi) is 5.52. The highest BCUT2D eigenvalue weighted by molar-refractivity contribution is 7.22. The van der Waals surface area contributed by atoms with E-state index in [-0.39, 0.29) is 6.03 Å². The number of benzene rings is 2. The average Bonchev–Trinajstić information content (AvgIpc) is 3.16. The lowest BCUT2D eigenvalue weighted by molar-refractivity contribution is 0.208. The highest BCUT2D eigenvalue weighted by Gasteiger charge is 2.24. The number of urea groups is 1. The molecule has 1 aliphatic rings. The predicted molar refractivity (Wildman–Crippen MR) is 120 cm³/mol. The number of hydrogen-bond acceptors (Lipinski definition) is 5. The zero-order chi connectivity index (χ0) is 20.5. The highest BCUT2D eigenvalue weighted by Crippen LogP contribution is 2.32. The number of carbonyl (C=O) groups is 1. The number of nitrogens with one attached hydrogen (secondary N) is 1. The van der Waals surface area contributed by atoms with E-state index in [2.05, 4.69) is 36.2 Å². The summed E-state index contributed by atoms with van der Waals surface area (Å²) in [4.78, 5) is 21.6. The lowest BCUT2D eigenvalue weighted by atomic mass is 10.1. The zero-order valence-corrected chi connectivity index (χ0v) is 18.2. The first-order chi connectivity index (χ1) is 14.0. The zero-order valence-electron chi connectivity index (χ0n) is 16.7. The molecule has 0 radical (unpaired) electrons. The summed E-state index contributed by atoms with van der Waals surface area (Å²) in [6.45, 7) is 6.98. The Morgan fingerprint density at radius 2 is 1.93 bits per heavy atom. The molecule has 2 aromatic carbocycles. The van der Waals surface area contributed by atoms with Crippen LogP contribution in [0.5, 0.6) is 5.75 Å². The molecule has 1 aromatic heterocycles. The van der Waals surface area contributed by atoms with Crippen LogP contribution < -0.4 is 15.0 Å². The molecule has 3 aromatic rings. The quantitative estimate of drug-likeness (QED) is 0.640. The van der Waals surface area contributed by atoms with E-state index in [0.29, 0.717) is 29.5 Å². The van der Waals surface area contributed by atoms with Crippen molar-refractivity contribution in [2.24, 2.45) is 0 Å². The van der Waals surface area contributed by atoms with E-state index >= 15 is 0 Å². The number of halogens is 1. The third-order valence-corrected chi connectivity index (χ3v) is 6.63. The molecule has 0 aliphatic carbocycles. The average molecular weight is 431 g/mol. The Morgan fingerprint density at radius 3 is 2.66 bits per heavy atom. The lowest BCUT2D eigenvalue weighted by Gasteiger charge is -2.34. The van der Waals surface area contributed by atoms with E-state index < -0.39 is 0 Å². The number of anilines is 2. The standard InChI is InChI=1S/C21H23ClN4O2S/c1-13-4-7-18-19(14(13)2)24-21(29-18)26-10-8-25(9-11-26)20(27)23-16-12-15(22)5-6-17(16)28-3/h4-7,12H,8-11H2,1-3H3,(H,23,27). The van der Waals surface area contributed by atoms with Gasteiger partial charge in [-0.15, -0.1) is 0 Å². The van der Waals surface area contributed by atoms with E-state index in [0.717, 1.165) is 23.7 Å². The Hall–Kier alpha value is -2.51. The Labute approximate surface area is 179 Å². The minimum atomic E-state index is -0.152. The van der Waals surface area contributed by atoms with Gasteiger partial charge in [-0.1, -0.05) is 29.0 Å². The van der Waals surface area contributed by atoms with Crippen molar-refractivity contribution in [3.8, 4) is 5.75 Å². The van der Waals surface area contributed by atoms with Crippen molar-refractivity contribution in [2.45, 2.75) is 13.8 Å². The van der Waals surface area contributed by atoms with Gasteiger partial charge in [0, 0.05) is 31.2 Å². The second kappa shape index (κ2) is 8.08. The van der Waals surface area contributed by atoms with Gasteiger partial charge >= 0.3 is 6.03 Å². The van der Waals surface area contributed by atoms with Gasteiger partial charge in [0.25, 0.3) is 0 Å². The van der Waals surface area contributed by atoms with Gasteiger partial charge in [-0.05, 0) is 49.2 Å². The number of carbonyl (C=O) groups excluding carboxylic acids is 1. The summed E-state index contributed by atoms with van der Waals surface area (Å²) in [6, 6.07) is 9.30. The van der Waals surface area contributed by atoms with Gasteiger partial charge in [0.1, 0.15) is 5.75 Å². The van der Waals surface area contributed by atoms with Crippen molar-refractivity contribution in [3.63, 3.8) is 0 Å². The number of rotatable bonds is 3. The van der Waals surface area contributed by atoms with Crippen LogP contribution in [-0.2, 0) is 0 Å². The topological polar surface area (TPSA) is 57.7 Å². The van der Waals surface area contributed by atoms with Crippen LogP contribution in [0.2, 0.25) is 5.02 Å². The summed E-state index contributed by atoms with van der Waals surface area (Å²) >= 11 is 7.76. The van der Waals surface area contributed by atoms with E-state index in [4.69, 9.17) is 21.3 Å². The summed E-state index contributed by atoms with van der Waals surface area (Å²) in [6.07, 6.45) is 0. The number of nitrogens with zero attached hydrogens (tertiary/aromatic N) is 3. The fraction of sp³-hybridized carbons (Fsp3) is 0.333. The molecule has 1 N–H and O–H groups in total.